The molecule has 10 atom stereocenters. The molecule has 0 aromatic rings. The summed E-state index contributed by atoms with van der Waals surface area (Å²) < 4.78 is 51.4. The molecule has 0 amide bonds. The Balaban J connectivity index is 2.57. The smallest absolute Gasteiger partial charge is 0.303 e. The van der Waals surface area contributed by atoms with E-state index in [0.717, 1.165) is 13.8 Å². The van der Waals surface area contributed by atoms with Crippen LogP contribution in [0.3, 0.4) is 0 Å². The van der Waals surface area contributed by atoms with Gasteiger partial charge in [-0.3, -0.25) is 14.4 Å². The predicted octanol–water partition coefficient (Wildman–Crippen LogP) is 0.251. The van der Waals surface area contributed by atoms with E-state index in [-0.39, 0.29) is 6.42 Å². The van der Waals surface area contributed by atoms with Crippen LogP contribution in [0.2, 0.25) is 0 Å². The summed E-state index contributed by atoms with van der Waals surface area (Å²) in [7, 11) is 4.27. The molecule has 13 heteroatoms. The zero-order chi connectivity index (χ0) is 27.9. The third kappa shape index (κ3) is 7.25. The molecule has 0 saturated carbocycles. The van der Waals surface area contributed by atoms with Crippen LogP contribution in [0.5, 0.6) is 0 Å². The minimum atomic E-state index is -1.39. The van der Waals surface area contributed by atoms with E-state index in [0.29, 0.717) is 0 Å². The van der Waals surface area contributed by atoms with Crippen LogP contribution in [0.4, 0.5) is 0 Å². The zero-order valence-corrected chi connectivity index (χ0v) is 22.2. The van der Waals surface area contributed by atoms with Gasteiger partial charge in [-0.1, -0.05) is 6.08 Å². The number of esters is 3. The predicted molar refractivity (Wildman–Crippen MR) is 124 cm³/mol. The Morgan fingerprint density at radius 3 is 1.86 bits per heavy atom. The molecule has 2 aliphatic rings. The largest absolute Gasteiger partial charge is 0.455 e. The topological polar surface area (TPSA) is 155 Å². The lowest BCUT2D eigenvalue weighted by atomic mass is 9.85. The van der Waals surface area contributed by atoms with Gasteiger partial charge in [0.05, 0.1) is 6.61 Å². The van der Waals surface area contributed by atoms with Crippen molar-refractivity contribution >= 4 is 17.9 Å². The Labute approximate surface area is 216 Å². The summed E-state index contributed by atoms with van der Waals surface area (Å²) >= 11 is 0. The quantitative estimate of drug-likeness (QED) is 0.219. The van der Waals surface area contributed by atoms with E-state index in [2.05, 4.69) is 6.58 Å². The second-order valence-electron chi connectivity index (χ2n) is 8.93. The normalized spacial score (nSPS) is 37.9. The molecule has 2 aliphatic heterocycles. The van der Waals surface area contributed by atoms with Crippen LogP contribution < -0.4 is 0 Å². The Bertz CT molecular complexity index is 804. The number of hydrogen-bond donors (Lipinski definition) is 1. The first-order valence-corrected chi connectivity index (χ1v) is 11.8. The van der Waals surface area contributed by atoms with Crippen molar-refractivity contribution in [3.05, 3.63) is 12.7 Å². The lowest BCUT2D eigenvalue weighted by molar-refractivity contribution is -0.373. The van der Waals surface area contributed by atoms with Gasteiger partial charge in [-0.2, -0.15) is 0 Å². The minimum Gasteiger partial charge on any atom is -0.455 e. The molecule has 2 fully saturated rings. The number of ether oxygens (including phenoxy) is 9. The van der Waals surface area contributed by atoms with Crippen molar-refractivity contribution in [2.45, 2.75) is 95.0 Å². The summed E-state index contributed by atoms with van der Waals surface area (Å²) in [4.78, 5) is 36.2. The fourth-order valence-electron chi connectivity index (χ4n) is 4.69. The summed E-state index contributed by atoms with van der Waals surface area (Å²) in [5.74, 6) is -2.12. The summed E-state index contributed by atoms with van der Waals surface area (Å²) in [6, 6.07) is 0. The molecule has 2 heterocycles. The average molecular weight is 535 g/mol. The third-order valence-corrected chi connectivity index (χ3v) is 6.16. The Morgan fingerprint density at radius 2 is 1.41 bits per heavy atom. The molecule has 13 nitrogen and oxygen atoms in total. The Hall–Kier alpha value is -2.13. The lowest BCUT2D eigenvalue weighted by Crippen LogP contribution is -2.69. The Morgan fingerprint density at radius 1 is 0.838 bits per heavy atom. The van der Waals surface area contributed by atoms with Gasteiger partial charge in [0.15, 0.2) is 30.9 Å². The van der Waals surface area contributed by atoms with Gasteiger partial charge in [0.2, 0.25) is 0 Å². The number of carbonyl (C=O) groups is 3. The number of carbonyl (C=O) groups excluding carboxylic acids is 3. The fourth-order valence-corrected chi connectivity index (χ4v) is 4.69. The second-order valence-corrected chi connectivity index (χ2v) is 8.93. The van der Waals surface area contributed by atoms with Gasteiger partial charge in [-0.15, -0.1) is 6.58 Å². The van der Waals surface area contributed by atoms with Crippen molar-refractivity contribution in [2.75, 3.05) is 27.9 Å². The van der Waals surface area contributed by atoms with E-state index < -0.39 is 85.4 Å². The lowest BCUT2D eigenvalue weighted by Gasteiger charge is -2.51. The summed E-state index contributed by atoms with van der Waals surface area (Å²) in [6.45, 7) is 8.38. The minimum absolute atomic E-state index is 0.139. The number of aliphatic hydroxyl groups excluding tert-OH is 1. The number of rotatable bonds is 11. The van der Waals surface area contributed by atoms with E-state index in [1.807, 2.05) is 0 Å². The van der Waals surface area contributed by atoms with Crippen molar-refractivity contribution in [1.82, 2.24) is 0 Å². The monoisotopic (exact) mass is 534 g/mol. The second kappa shape index (κ2) is 13.6. The molecule has 1 N–H and O–H groups in total. The number of hydrogen-bond acceptors (Lipinski definition) is 13. The summed E-state index contributed by atoms with van der Waals surface area (Å²) in [5, 5.41) is 10.1. The van der Waals surface area contributed by atoms with Gasteiger partial charge in [0.1, 0.15) is 30.0 Å². The number of aliphatic hydroxyl groups is 1. The molecule has 0 aromatic heterocycles. The van der Waals surface area contributed by atoms with Gasteiger partial charge in [-0.25, -0.2) is 0 Å². The molecule has 0 unspecified atom stereocenters. The van der Waals surface area contributed by atoms with E-state index in [9.17, 15) is 19.5 Å². The summed E-state index contributed by atoms with van der Waals surface area (Å²) in [6.07, 6.45) is -8.04. The summed E-state index contributed by atoms with van der Waals surface area (Å²) in [5.41, 5.74) is -1.32. The average Bonchev–Trinajstić information content (AvgIpc) is 2.82. The maximum absolute atomic E-state index is 12.1. The first kappa shape index (κ1) is 31.1. The van der Waals surface area contributed by atoms with Crippen molar-refractivity contribution < 1.29 is 62.1 Å². The molecular weight excluding hydrogens is 496 g/mol. The van der Waals surface area contributed by atoms with E-state index in [1.165, 1.54) is 34.3 Å². The molecule has 0 aliphatic carbocycles. The van der Waals surface area contributed by atoms with Crippen LogP contribution in [0.1, 0.15) is 34.1 Å². The van der Waals surface area contributed by atoms with E-state index in [1.54, 1.807) is 6.92 Å². The fraction of sp³-hybridized carbons (Fsp3) is 0.792. The molecule has 0 bridgehead atoms. The molecule has 212 valence electrons. The van der Waals surface area contributed by atoms with E-state index in [4.69, 9.17) is 42.6 Å². The van der Waals surface area contributed by atoms with Crippen molar-refractivity contribution in [3.8, 4) is 0 Å². The van der Waals surface area contributed by atoms with Crippen LogP contribution >= 0.6 is 0 Å². The first-order valence-electron chi connectivity index (χ1n) is 11.8. The highest BCUT2D eigenvalue weighted by Gasteiger charge is 2.59. The molecular formula is C24H38O13. The van der Waals surface area contributed by atoms with Crippen LogP contribution in [0.25, 0.3) is 0 Å². The maximum atomic E-state index is 12.1. The van der Waals surface area contributed by atoms with Gasteiger partial charge >= 0.3 is 17.9 Å². The van der Waals surface area contributed by atoms with Crippen LogP contribution in [-0.2, 0) is 57.0 Å². The van der Waals surface area contributed by atoms with Gasteiger partial charge < -0.3 is 47.7 Å². The highest BCUT2D eigenvalue weighted by atomic mass is 16.8. The maximum Gasteiger partial charge on any atom is 0.303 e. The number of methoxy groups -OCH3 is 3. The van der Waals surface area contributed by atoms with Crippen LogP contribution in [0, 0.1) is 0 Å². The van der Waals surface area contributed by atoms with Crippen molar-refractivity contribution in [1.29, 1.82) is 0 Å². The molecule has 0 radical (unpaired) electrons. The standard InChI is InChI=1S/C24H38O13/c1-9-10-24(5)21(34-14(4)28)18(32-12(2)26)20(33-13(3)27)23(37-24)36-16-15(11-25)35-22(31-8)19(30-7)17(16)29-6/h9,15-23,25H,1,10-11H2,2-8H3/t15-,16+,17+,18+,19-,20-,21-,22+,23-,24-/m1/s1. The molecule has 2 saturated heterocycles. The zero-order valence-electron chi connectivity index (χ0n) is 22.2. The molecule has 0 spiro atoms. The molecule has 0 aromatic carbocycles. The SMILES string of the molecule is C=CC[C@@]1(C)O[C@@H](O[C@@H]2[C@H](OC)[C@@H](OC)[C@@H](OC)O[C@@H]2CO)[C@H](OC(C)=O)[C@H](OC(C)=O)[C@H]1OC(C)=O. The van der Waals surface area contributed by atoms with Gasteiger partial charge in [0, 0.05) is 42.1 Å². The molecule has 37 heavy (non-hydrogen) atoms. The van der Waals surface area contributed by atoms with Crippen molar-refractivity contribution in [2.24, 2.45) is 0 Å². The van der Waals surface area contributed by atoms with Gasteiger partial charge in [-0.05, 0) is 13.3 Å². The molecule has 2 rings (SSSR count). The Kier molecular flexibility index (Phi) is 11.4. The first-order chi connectivity index (χ1) is 17.5. The third-order valence-electron chi connectivity index (χ3n) is 6.16. The van der Waals surface area contributed by atoms with E-state index >= 15 is 0 Å². The van der Waals surface area contributed by atoms with Crippen LogP contribution in [-0.4, -0.2) is 112 Å². The van der Waals surface area contributed by atoms with Crippen molar-refractivity contribution in [3.63, 3.8) is 0 Å². The van der Waals surface area contributed by atoms with Gasteiger partial charge in [0.25, 0.3) is 0 Å². The van der Waals surface area contributed by atoms with Crippen LogP contribution in [0.15, 0.2) is 12.7 Å². The highest BCUT2D eigenvalue weighted by Crippen LogP contribution is 2.40. The highest BCUT2D eigenvalue weighted by molar-refractivity contribution is 5.68.